The Labute approximate surface area is 133 Å². The molecule has 1 N–H and O–H groups in total. The molecule has 0 aliphatic heterocycles. The predicted octanol–water partition coefficient (Wildman–Crippen LogP) is 5.13. The van der Waals surface area contributed by atoms with Crippen molar-refractivity contribution in [3.63, 3.8) is 0 Å². The average molecular weight is 372 g/mol. The average Bonchev–Trinajstić information content (AvgIpc) is 2.42. The van der Waals surface area contributed by atoms with Crippen molar-refractivity contribution in [2.75, 3.05) is 0 Å². The summed E-state index contributed by atoms with van der Waals surface area (Å²) in [5.74, 6) is -1.55. The maximum atomic E-state index is 13.9. The summed E-state index contributed by atoms with van der Waals surface area (Å²) >= 11 is 9.28. The summed E-state index contributed by atoms with van der Waals surface area (Å²) in [5, 5.41) is 8.96. The van der Waals surface area contributed by atoms with Gasteiger partial charge in [-0.15, -0.1) is 0 Å². The highest BCUT2D eigenvalue weighted by Gasteiger charge is 2.12. The van der Waals surface area contributed by atoms with Gasteiger partial charge in [-0.25, -0.2) is 9.18 Å². The third-order valence-electron chi connectivity index (χ3n) is 2.51. The lowest BCUT2D eigenvalue weighted by atomic mass is 10.1. The van der Waals surface area contributed by atoms with Crippen LogP contribution in [0, 0.1) is 5.82 Å². The molecule has 2 aromatic rings. The Kier molecular flexibility index (Phi) is 4.98. The molecule has 0 amide bonds. The highest BCUT2D eigenvalue weighted by Crippen LogP contribution is 2.35. The van der Waals surface area contributed by atoms with Crippen LogP contribution in [-0.4, -0.2) is 11.1 Å². The fourth-order valence-corrected chi connectivity index (χ4v) is 2.31. The Morgan fingerprint density at radius 3 is 2.76 bits per heavy atom. The van der Waals surface area contributed by atoms with Crippen LogP contribution in [0.15, 0.2) is 46.9 Å². The van der Waals surface area contributed by atoms with E-state index in [1.807, 2.05) is 0 Å². The molecule has 0 saturated heterocycles. The number of para-hydroxylation sites is 1. The quantitative estimate of drug-likeness (QED) is 0.758. The fraction of sp³-hybridized carbons (Fsp3) is 0. The minimum atomic E-state index is -1.13. The molecular weight excluding hydrogens is 363 g/mol. The van der Waals surface area contributed by atoms with Crippen LogP contribution >= 0.6 is 27.5 Å². The normalized spacial score (nSPS) is 10.8. The molecule has 3 nitrogen and oxygen atoms in total. The van der Waals surface area contributed by atoms with Crippen molar-refractivity contribution in [1.29, 1.82) is 0 Å². The van der Waals surface area contributed by atoms with Gasteiger partial charge in [-0.2, -0.15) is 0 Å². The van der Waals surface area contributed by atoms with Crippen LogP contribution in [0.5, 0.6) is 11.5 Å². The second-order valence-corrected chi connectivity index (χ2v) is 5.33. The number of halogens is 3. The minimum Gasteiger partial charge on any atom is -0.478 e. The van der Waals surface area contributed by atoms with Gasteiger partial charge in [0.15, 0.2) is 11.6 Å². The van der Waals surface area contributed by atoms with Crippen molar-refractivity contribution in [3.05, 3.63) is 63.4 Å². The van der Waals surface area contributed by atoms with Gasteiger partial charge in [0.2, 0.25) is 0 Å². The van der Waals surface area contributed by atoms with Crippen LogP contribution in [-0.2, 0) is 4.79 Å². The largest absolute Gasteiger partial charge is 0.478 e. The summed E-state index contributed by atoms with van der Waals surface area (Å²) in [6, 6.07) is 9.14. The van der Waals surface area contributed by atoms with Crippen LogP contribution in [0.4, 0.5) is 4.39 Å². The van der Waals surface area contributed by atoms with Gasteiger partial charge in [-0.1, -0.05) is 39.7 Å². The van der Waals surface area contributed by atoms with E-state index in [0.29, 0.717) is 10.6 Å². The van der Waals surface area contributed by atoms with Gasteiger partial charge in [0, 0.05) is 16.1 Å². The van der Waals surface area contributed by atoms with E-state index in [0.717, 1.165) is 10.5 Å². The van der Waals surface area contributed by atoms with E-state index >= 15 is 0 Å². The molecular formula is C15H9BrClFO3. The number of ether oxygens (including phenoxy) is 1. The summed E-state index contributed by atoms with van der Waals surface area (Å²) in [4.78, 5) is 10.6. The molecule has 0 spiro atoms. The number of carboxylic acid groups (broad SMARTS) is 1. The second-order valence-electron chi connectivity index (χ2n) is 4.01. The zero-order chi connectivity index (χ0) is 15.4. The van der Waals surface area contributed by atoms with Crippen LogP contribution < -0.4 is 4.74 Å². The van der Waals surface area contributed by atoms with Gasteiger partial charge in [0.1, 0.15) is 5.75 Å². The van der Waals surface area contributed by atoms with Crippen molar-refractivity contribution >= 4 is 39.6 Å². The van der Waals surface area contributed by atoms with E-state index in [9.17, 15) is 9.18 Å². The first-order valence-corrected chi connectivity index (χ1v) is 6.97. The van der Waals surface area contributed by atoms with Crippen molar-refractivity contribution in [3.8, 4) is 11.5 Å². The zero-order valence-electron chi connectivity index (χ0n) is 10.5. The lowest BCUT2D eigenvalue weighted by molar-refractivity contribution is -0.131. The molecule has 0 bridgehead atoms. The molecule has 108 valence electrons. The first-order chi connectivity index (χ1) is 9.97. The van der Waals surface area contributed by atoms with Crippen LogP contribution in [0.25, 0.3) is 6.08 Å². The van der Waals surface area contributed by atoms with Crippen molar-refractivity contribution in [2.24, 2.45) is 0 Å². The highest BCUT2D eigenvalue weighted by molar-refractivity contribution is 9.10. The first-order valence-electron chi connectivity index (χ1n) is 5.80. The van der Waals surface area contributed by atoms with Crippen LogP contribution in [0.2, 0.25) is 5.02 Å². The number of benzene rings is 2. The van der Waals surface area contributed by atoms with E-state index in [-0.39, 0.29) is 11.5 Å². The Bertz CT molecular complexity index is 716. The van der Waals surface area contributed by atoms with Gasteiger partial charge in [-0.05, 0) is 30.3 Å². The standard InChI is InChI=1S/C15H9BrClFO3/c16-10-5-6-13(11(17)8-10)21-15-9(4-7-14(19)20)2-1-3-12(15)18/h1-8H,(H,19,20)/b7-4+. The number of carboxylic acids is 1. The number of hydrogen-bond donors (Lipinski definition) is 1. The van der Waals surface area contributed by atoms with Crippen molar-refractivity contribution < 1.29 is 19.0 Å². The SMILES string of the molecule is O=C(O)/C=C/c1cccc(F)c1Oc1ccc(Br)cc1Cl. The van der Waals surface area contributed by atoms with E-state index < -0.39 is 11.8 Å². The van der Waals surface area contributed by atoms with Gasteiger partial charge in [0.05, 0.1) is 5.02 Å². The monoisotopic (exact) mass is 370 g/mol. The Morgan fingerprint density at radius 2 is 2.10 bits per heavy atom. The maximum Gasteiger partial charge on any atom is 0.328 e. The van der Waals surface area contributed by atoms with Gasteiger partial charge >= 0.3 is 5.97 Å². The summed E-state index contributed by atoms with van der Waals surface area (Å²) in [6.07, 6.45) is 2.17. The van der Waals surface area contributed by atoms with Crippen LogP contribution in [0.3, 0.4) is 0 Å². The van der Waals surface area contributed by atoms with E-state index in [4.69, 9.17) is 21.4 Å². The molecule has 2 aromatic carbocycles. The Morgan fingerprint density at radius 1 is 1.33 bits per heavy atom. The third kappa shape index (κ3) is 4.06. The van der Waals surface area contributed by atoms with Gasteiger partial charge < -0.3 is 9.84 Å². The van der Waals surface area contributed by atoms with Gasteiger partial charge in [0.25, 0.3) is 0 Å². The molecule has 0 saturated carbocycles. The summed E-state index contributed by atoms with van der Waals surface area (Å²) in [5.41, 5.74) is 0.302. The number of carbonyl (C=O) groups is 1. The molecule has 0 aliphatic rings. The predicted molar refractivity (Wildman–Crippen MR) is 82.3 cm³/mol. The van der Waals surface area contributed by atoms with Gasteiger partial charge in [-0.3, -0.25) is 0 Å². The Hall–Kier alpha value is -1.85. The molecule has 0 radical (unpaired) electrons. The molecule has 6 heteroatoms. The molecule has 0 aromatic heterocycles. The fourth-order valence-electron chi connectivity index (χ4n) is 1.59. The molecule has 0 aliphatic carbocycles. The maximum absolute atomic E-state index is 13.9. The van der Waals surface area contributed by atoms with E-state index in [1.54, 1.807) is 24.3 Å². The van der Waals surface area contributed by atoms with Crippen molar-refractivity contribution in [2.45, 2.75) is 0 Å². The molecule has 0 heterocycles. The smallest absolute Gasteiger partial charge is 0.328 e. The topological polar surface area (TPSA) is 46.5 Å². The molecule has 2 rings (SSSR count). The first kappa shape index (κ1) is 15.5. The Balaban J connectivity index is 2.41. The second kappa shape index (κ2) is 6.74. The summed E-state index contributed by atoms with van der Waals surface area (Å²) < 4.78 is 20.2. The molecule has 0 unspecified atom stereocenters. The molecule has 0 atom stereocenters. The van der Waals surface area contributed by atoms with E-state index in [2.05, 4.69) is 15.9 Å². The number of aliphatic carboxylic acids is 1. The lowest BCUT2D eigenvalue weighted by Gasteiger charge is -2.11. The van der Waals surface area contributed by atoms with E-state index in [1.165, 1.54) is 18.2 Å². The van der Waals surface area contributed by atoms with Crippen molar-refractivity contribution in [1.82, 2.24) is 0 Å². The summed E-state index contributed by atoms with van der Waals surface area (Å²) in [7, 11) is 0. The third-order valence-corrected chi connectivity index (χ3v) is 3.30. The number of hydrogen-bond acceptors (Lipinski definition) is 2. The highest BCUT2D eigenvalue weighted by atomic mass is 79.9. The molecule has 0 fully saturated rings. The lowest BCUT2D eigenvalue weighted by Crippen LogP contribution is -1.93. The summed E-state index contributed by atoms with van der Waals surface area (Å²) in [6.45, 7) is 0. The van der Waals surface area contributed by atoms with Crippen LogP contribution in [0.1, 0.15) is 5.56 Å². The number of rotatable bonds is 4. The zero-order valence-corrected chi connectivity index (χ0v) is 12.9. The minimum absolute atomic E-state index is 0.0841. The molecule has 21 heavy (non-hydrogen) atoms.